The van der Waals surface area contributed by atoms with Gasteiger partial charge in [0.2, 0.25) is 0 Å². The van der Waals surface area contributed by atoms with Crippen molar-refractivity contribution < 1.29 is 4.21 Å². The van der Waals surface area contributed by atoms with E-state index in [4.69, 9.17) is 0 Å². The molecule has 0 aromatic carbocycles. The van der Waals surface area contributed by atoms with E-state index in [0.717, 1.165) is 69.0 Å². The Kier molecular flexibility index (Phi) is 9.04. The number of unbranched alkanes of at least 4 members (excludes halogenated alkanes) is 1. The van der Waals surface area contributed by atoms with E-state index in [-0.39, 0.29) is 5.56 Å². The number of rotatable bonds is 8. The number of pyridine rings is 1. The third-order valence-electron chi connectivity index (χ3n) is 5.22. The van der Waals surface area contributed by atoms with E-state index in [1.807, 2.05) is 24.5 Å². The summed E-state index contributed by atoms with van der Waals surface area (Å²) in [6, 6.07) is 5.72. The molecule has 0 aliphatic heterocycles. The van der Waals surface area contributed by atoms with Crippen molar-refractivity contribution in [1.29, 1.82) is 0 Å². The Morgan fingerprint density at radius 2 is 2.15 bits per heavy atom. The summed E-state index contributed by atoms with van der Waals surface area (Å²) in [4.78, 5) is 16.2. The van der Waals surface area contributed by atoms with E-state index in [2.05, 4.69) is 15.6 Å². The molecule has 1 saturated carbocycles. The van der Waals surface area contributed by atoms with Crippen LogP contribution in [0.3, 0.4) is 0 Å². The minimum Gasteiger partial charge on any atom is -0.356 e. The lowest BCUT2D eigenvalue weighted by Gasteiger charge is -2.30. The SMILES string of the molecule is CCS(=O)C1CCCC(NC(=NC)NCCCCn2c(C)cccc2=O)C1. The summed E-state index contributed by atoms with van der Waals surface area (Å²) in [6.45, 7) is 5.52. The van der Waals surface area contributed by atoms with Gasteiger partial charge in [0.1, 0.15) is 0 Å². The van der Waals surface area contributed by atoms with Crippen LogP contribution in [-0.2, 0) is 17.3 Å². The topological polar surface area (TPSA) is 75.5 Å². The highest BCUT2D eigenvalue weighted by Gasteiger charge is 2.25. The molecule has 1 fully saturated rings. The van der Waals surface area contributed by atoms with Crippen molar-refractivity contribution in [3.05, 3.63) is 34.2 Å². The molecular weight excluding hydrogens is 360 g/mol. The minimum absolute atomic E-state index is 0.0664. The van der Waals surface area contributed by atoms with Crippen LogP contribution in [-0.4, -0.2) is 45.4 Å². The summed E-state index contributed by atoms with van der Waals surface area (Å²) in [5, 5.41) is 7.17. The Morgan fingerprint density at radius 1 is 1.33 bits per heavy atom. The van der Waals surface area contributed by atoms with Crippen LogP contribution >= 0.6 is 0 Å². The molecule has 1 aromatic rings. The highest BCUT2D eigenvalue weighted by atomic mass is 32.2. The molecule has 152 valence electrons. The summed E-state index contributed by atoms with van der Waals surface area (Å²) in [5.41, 5.74) is 1.07. The summed E-state index contributed by atoms with van der Waals surface area (Å²) >= 11 is 0. The van der Waals surface area contributed by atoms with Gasteiger partial charge in [0.25, 0.3) is 5.56 Å². The number of aliphatic imine (C=N–C) groups is 1. The molecule has 0 saturated heterocycles. The van der Waals surface area contributed by atoms with Crippen molar-refractivity contribution in [3.8, 4) is 0 Å². The molecular formula is C20H34N4O2S. The van der Waals surface area contributed by atoms with Gasteiger partial charge in [0, 0.05) is 59.7 Å². The lowest BCUT2D eigenvalue weighted by molar-refractivity contribution is 0.413. The van der Waals surface area contributed by atoms with Crippen molar-refractivity contribution in [3.63, 3.8) is 0 Å². The van der Waals surface area contributed by atoms with Crippen molar-refractivity contribution >= 4 is 16.8 Å². The van der Waals surface area contributed by atoms with E-state index in [0.29, 0.717) is 11.3 Å². The fraction of sp³-hybridized carbons (Fsp3) is 0.700. The number of nitrogens with one attached hydrogen (secondary N) is 2. The van der Waals surface area contributed by atoms with Crippen LogP contribution in [0.4, 0.5) is 0 Å². The van der Waals surface area contributed by atoms with E-state index in [1.165, 1.54) is 0 Å². The van der Waals surface area contributed by atoms with Gasteiger partial charge in [-0.05, 0) is 45.1 Å². The Hall–Kier alpha value is -1.63. The molecule has 0 bridgehead atoms. The quantitative estimate of drug-likeness (QED) is 0.403. The Labute approximate surface area is 165 Å². The molecule has 2 rings (SSSR count). The zero-order chi connectivity index (χ0) is 19.6. The first-order chi connectivity index (χ1) is 13.0. The fourth-order valence-electron chi connectivity index (χ4n) is 3.65. The third-order valence-corrected chi connectivity index (χ3v) is 6.96. The summed E-state index contributed by atoms with van der Waals surface area (Å²) in [5.74, 6) is 1.56. The molecule has 0 radical (unpaired) electrons. The average Bonchev–Trinajstić information content (AvgIpc) is 2.68. The smallest absolute Gasteiger partial charge is 0.250 e. The molecule has 1 heterocycles. The van der Waals surface area contributed by atoms with Gasteiger partial charge in [0.05, 0.1) is 0 Å². The van der Waals surface area contributed by atoms with Crippen molar-refractivity contribution in [2.75, 3.05) is 19.3 Å². The number of aromatic nitrogens is 1. The lowest BCUT2D eigenvalue weighted by Crippen LogP contribution is -2.46. The predicted octanol–water partition coefficient (Wildman–Crippen LogP) is 2.18. The molecule has 0 spiro atoms. The van der Waals surface area contributed by atoms with Crippen LogP contribution < -0.4 is 16.2 Å². The monoisotopic (exact) mass is 394 g/mol. The maximum Gasteiger partial charge on any atom is 0.250 e. The highest BCUT2D eigenvalue weighted by molar-refractivity contribution is 7.85. The standard InChI is InChI=1S/C20H34N4O2S/c1-4-27(26)18-11-8-10-17(15-18)23-20(21-3)22-13-5-6-14-24-16(2)9-7-12-19(24)25/h7,9,12,17-18H,4-6,8,10-11,13-15H2,1-3H3,(H2,21,22,23). The number of aryl methyl sites for hydroxylation is 1. The van der Waals surface area contributed by atoms with Crippen molar-refractivity contribution in [2.24, 2.45) is 4.99 Å². The van der Waals surface area contributed by atoms with Crippen LogP contribution in [0.2, 0.25) is 0 Å². The van der Waals surface area contributed by atoms with Gasteiger partial charge >= 0.3 is 0 Å². The summed E-state index contributed by atoms with van der Waals surface area (Å²) in [7, 11) is 1.08. The van der Waals surface area contributed by atoms with E-state index < -0.39 is 10.8 Å². The van der Waals surface area contributed by atoms with E-state index in [1.54, 1.807) is 19.2 Å². The van der Waals surface area contributed by atoms with Gasteiger partial charge in [-0.3, -0.25) is 14.0 Å². The van der Waals surface area contributed by atoms with Gasteiger partial charge in [0.15, 0.2) is 5.96 Å². The van der Waals surface area contributed by atoms with Crippen LogP contribution in [0.15, 0.2) is 28.0 Å². The lowest BCUT2D eigenvalue weighted by atomic mass is 9.95. The molecule has 2 N–H and O–H groups in total. The molecule has 0 amide bonds. The molecule has 27 heavy (non-hydrogen) atoms. The van der Waals surface area contributed by atoms with E-state index >= 15 is 0 Å². The second-order valence-corrected chi connectivity index (χ2v) is 9.17. The van der Waals surface area contributed by atoms with Crippen LogP contribution in [0.25, 0.3) is 0 Å². The Morgan fingerprint density at radius 3 is 2.85 bits per heavy atom. The Balaban J connectivity index is 1.71. The predicted molar refractivity (Wildman–Crippen MR) is 114 cm³/mol. The fourth-order valence-corrected chi connectivity index (χ4v) is 5.00. The van der Waals surface area contributed by atoms with Gasteiger partial charge in [-0.25, -0.2) is 0 Å². The maximum absolute atomic E-state index is 12.1. The molecule has 3 atom stereocenters. The van der Waals surface area contributed by atoms with E-state index in [9.17, 15) is 9.00 Å². The molecule has 3 unspecified atom stereocenters. The second-order valence-electron chi connectivity index (χ2n) is 7.16. The van der Waals surface area contributed by atoms with Gasteiger partial charge in [-0.2, -0.15) is 0 Å². The number of hydrogen-bond donors (Lipinski definition) is 2. The third kappa shape index (κ3) is 6.79. The van der Waals surface area contributed by atoms with Crippen LogP contribution in [0, 0.1) is 6.92 Å². The first-order valence-corrected chi connectivity index (χ1v) is 11.4. The summed E-state index contributed by atoms with van der Waals surface area (Å²) in [6.07, 6.45) is 6.16. The molecule has 1 aromatic heterocycles. The second kappa shape index (κ2) is 11.3. The molecule has 6 nitrogen and oxygen atoms in total. The average molecular weight is 395 g/mol. The zero-order valence-electron chi connectivity index (χ0n) is 16.9. The van der Waals surface area contributed by atoms with Crippen LogP contribution in [0.1, 0.15) is 51.1 Å². The van der Waals surface area contributed by atoms with Gasteiger partial charge < -0.3 is 15.2 Å². The first-order valence-electron chi connectivity index (χ1n) is 10.1. The minimum atomic E-state index is -0.709. The number of nitrogens with zero attached hydrogens (tertiary/aromatic N) is 2. The van der Waals surface area contributed by atoms with Gasteiger partial charge in [-0.15, -0.1) is 0 Å². The van der Waals surface area contributed by atoms with Crippen molar-refractivity contribution in [2.45, 2.75) is 70.2 Å². The molecule has 1 aliphatic carbocycles. The number of guanidine groups is 1. The normalized spacial score (nSPS) is 21.7. The van der Waals surface area contributed by atoms with Crippen LogP contribution in [0.5, 0.6) is 0 Å². The summed E-state index contributed by atoms with van der Waals surface area (Å²) < 4.78 is 13.9. The largest absolute Gasteiger partial charge is 0.356 e. The number of hydrogen-bond acceptors (Lipinski definition) is 3. The molecule has 7 heteroatoms. The first kappa shape index (κ1) is 21.7. The maximum atomic E-state index is 12.1. The highest BCUT2D eigenvalue weighted by Crippen LogP contribution is 2.22. The molecule has 1 aliphatic rings. The Bertz CT molecular complexity index is 701. The zero-order valence-corrected chi connectivity index (χ0v) is 17.7. The van der Waals surface area contributed by atoms with Gasteiger partial charge in [-0.1, -0.05) is 19.4 Å². The van der Waals surface area contributed by atoms with Crippen molar-refractivity contribution in [1.82, 2.24) is 15.2 Å².